The molecule has 0 unspecified atom stereocenters. The zero-order valence-corrected chi connectivity index (χ0v) is 7.80. The van der Waals surface area contributed by atoms with E-state index in [2.05, 4.69) is 4.98 Å². The van der Waals surface area contributed by atoms with Crippen molar-refractivity contribution in [2.45, 2.75) is 0 Å². The van der Waals surface area contributed by atoms with E-state index in [9.17, 15) is 19.5 Å². The van der Waals surface area contributed by atoms with Gasteiger partial charge in [-0.2, -0.15) is 0 Å². The van der Waals surface area contributed by atoms with Crippen molar-refractivity contribution in [1.82, 2.24) is 19.5 Å². The minimum atomic E-state index is -0.958. The lowest BCUT2D eigenvalue weighted by molar-refractivity contribution is 0.0954. The lowest BCUT2D eigenvalue weighted by Crippen LogP contribution is -2.29. The second-order valence-corrected chi connectivity index (χ2v) is 2.91. The van der Waals surface area contributed by atoms with E-state index in [-0.39, 0.29) is 0 Å². The molecule has 8 heteroatoms. The zero-order chi connectivity index (χ0) is 11.7. The minimum absolute atomic E-state index is 0.544. The molecular formula is C8H6N4O4. The van der Waals surface area contributed by atoms with Gasteiger partial charge in [0.25, 0.3) is 11.5 Å². The van der Waals surface area contributed by atoms with Crippen LogP contribution in [0.4, 0.5) is 0 Å². The van der Waals surface area contributed by atoms with Crippen LogP contribution in [0.5, 0.6) is 5.88 Å². The molecule has 0 amide bonds. The first-order valence-electron chi connectivity index (χ1n) is 4.18. The van der Waals surface area contributed by atoms with Crippen LogP contribution in [0.25, 0.3) is 0 Å². The van der Waals surface area contributed by atoms with Crippen LogP contribution in [-0.4, -0.2) is 30.5 Å². The molecule has 0 fully saturated rings. The number of aromatic nitrogens is 4. The summed E-state index contributed by atoms with van der Waals surface area (Å²) in [5, 5.41) is 9.31. The largest absolute Gasteiger partial charge is 0.494 e. The molecule has 0 bridgehead atoms. The first-order valence-corrected chi connectivity index (χ1v) is 4.18. The Hall–Kier alpha value is -2.64. The summed E-state index contributed by atoms with van der Waals surface area (Å²) in [7, 11) is 0. The highest BCUT2D eigenvalue weighted by molar-refractivity contribution is 5.97. The van der Waals surface area contributed by atoms with Crippen molar-refractivity contribution < 1.29 is 9.90 Å². The molecule has 0 aliphatic rings. The van der Waals surface area contributed by atoms with Crippen molar-refractivity contribution in [3.63, 3.8) is 0 Å². The van der Waals surface area contributed by atoms with Gasteiger partial charge in [0.05, 0.1) is 0 Å². The van der Waals surface area contributed by atoms with E-state index < -0.39 is 28.6 Å². The number of aromatic amines is 2. The predicted molar refractivity (Wildman–Crippen MR) is 51.3 cm³/mol. The van der Waals surface area contributed by atoms with Crippen molar-refractivity contribution >= 4 is 5.91 Å². The van der Waals surface area contributed by atoms with Crippen molar-refractivity contribution in [2.75, 3.05) is 0 Å². The minimum Gasteiger partial charge on any atom is -0.494 e. The van der Waals surface area contributed by atoms with Crippen LogP contribution in [0.15, 0.2) is 28.3 Å². The predicted octanol–water partition coefficient (Wildman–Crippen LogP) is -1.35. The molecule has 82 valence electrons. The SMILES string of the molecule is O=C(c1c(O)[nH]c(=O)[nH]c1=O)n1ccnc1. The number of hydrogen-bond acceptors (Lipinski definition) is 5. The number of rotatable bonds is 1. The van der Waals surface area contributed by atoms with Gasteiger partial charge in [0.1, 0.15) is 6.33 Å². The smallest absolute Gasteiger partial charge is 0.328 e. The summed E-state index contributed by atoms with van der Waals surface area (Å²) in [4.78, 5) is 41.1. The Balaban J connectivity index is 2.62. The molecule has 0 spiro atoms. The number of imidazole rings is 1. The molecule has 0 aliphatic heterocycles. The van der Waals surface area contributed by atoms with E-state index in [4.69, 9.17) is 0 Å². The molecule has 8 nitrogen and oxygen atoms in total. The number of carbonyl (C=O) groups is 1. The van der Waals surface area contributed by atoms with Gasteiger partial charge in [-0.3, -0.25) is 24.1 Å². The number of carbonyl (C=O) groups excluding carboxylic acids is 1. The second kappa shape index (κ2) is 3.50. The molecule has 2 aromatic heterocycles. The van der Waals surface area contributed by atoms with Crippen molar-refractivity contribution in [2.24, 2.45) is 0 Å². The molecule has 0 aliphatic carbocycles. The summed E-state index contributed by atoms with van der Waals surface area (Å²) in [5.41, 5.74) is -2.39. The third kappa shape index (κ3) is 1.52. The van der Waals surface area contributed by atoms with Crippen LogP contribution >= 0.6 is 0 Å². The van der Waals surface area contributed by atoms with E-state index in [1.165, 1.54) is 18.7 Å². The fraction of sp³-hybridized carbons (Fsp3) is 0. The molecule has 0 saturated heterocycles. The number of hydrogen-bond donors (Lipinski definition) is 3. The van der Waals surface area contributed by atoms with Crippen molar-refractivity contribution in [3.05, 3.63) is 45.1 Å². The van der Waals surface area contributed by atoms with Crippen LogP contribution in [-0.2, 0) is 0 Å². The Labute approximate surface area is 87.2 Å². The monoisotopic (exact) mass is 222 g/mol. The molecule has 0 atom stereocenters. The average molecular weight is 222 g/mol. The Kier molecular flexibility index (Phi) is 2.16. The van der Waals surface area contributed by atoms with Crippen LogP contribution in [0.3, 0.4) is 0 Å². The fourth-order valence-electron chi connectivity index (χ4n) is 1.18. The summed E-state index contributed by atoms with van der Waals surface area (Å²) in [6, 6.07) is 0. The van der Waals surface area contributed by atoms with Crippen LogP contribution < -0.4 is 11.2 Å². The van der Waals surface area contributed by atoms with Crippen LogP contribution in [0.2, 0.25) is 0 Å². The summed E-state index contributed by atoms with van der Waals surface area (Å²) in [5.74, 6) is -1.56. The maximum atomic E-state index is 11.7. The molecule has 16 heavy (non-hydrogen) atoms. The van der Waals surface area contributed by atoms with Gasteiger partial charge in [0, 0.05) is 12.4 Å². The number of nitrogens with one attached hydrogen (secondary N) is 2. The lowest BCUT2D eigenvalue weighted by atomic mass is 10.3. The number of nitrogens with zero attached hydrogens (tertiary/aromatic N) is 2. The van der Waals surface area contributed by atoms with Gasteiger partial charge in [-0.25, -0.2) is 9.78 Å². The second-order valence-electron chi connectivity index (χ2n) is 2.91. The lowest BCUT2D eigenvalue weighted by Gasteiger charge is -2.01. The normalized spacial score (nSPS) is 10.2. The number of aromatic hydroxyl groups is 1. The summed E-state index contributed by atoms with van der Waals surface area (Å²) in [6.07, 6.45) is 3.83. The van der Waals surface area contributed by atoms with Crippen LogP contribution in [0, 0.1) is 0 Å². The van der Waals surface area contributed by atoms with Gasteiger partial charge < -0.3 is 5.11 Å². The van der Waals surface area contributed by atoms with Crippen molar-refractivity contribution in [1.29, 1.82) is 0 Å². The molecule has 2 heterocycles. The maximum absolute atomic E-state index is 11.7. The summed E-state index contributed by atoms with van der Waals surface area (Å²) in [6.45, 7) is 0. The van der Waals surface area contributed by atoms with Gasteiger partial charge in [0.15, 0.2) is 5.56 Å². The van der Waals surface area contributed by atoms with E-state index >= 15 is 0 Å². The van der Waals surface area contributed by atoms with Gasteiger partial charge in [-0.15, -0.1) is 0 Å². The molecule has 2 rings (SSSR count). The van der Waals surface area contributed by atoms with Crippen LogP contribution in [0.1, 0.15) is 10.4 Å². The maximum Gasteiger partial charge on any atom is 0.328 e. The fourth-order valence-corrected chi connectivity index (χ4v) is 1.18. The Morgan fingerprint density at radius 3 is 2.69 bits per heavy atom. The Morgan fingerprint density at radius 2 is 2.12 bits per heavy atom. The molecule has 0 saturated carbocycles. The highest BCUT2D eigenvalue weighted by Gasteiger charge is 2.18. The highest BCUT2D eigenvalue weighted by Crippen LogP contribution is 2.06. The molecular weight excluding hydrogens is 216 g/mol. The van der Waals surface area contributed by atoms with Gasteiger partial charge in [0.2, 0.25) is 5.88 Å². The standard InChI is InChI=1S/C8H6N4O4/c13-5-4(6(14)11-8(16)10-5)7(15)12-2-1-9-3-12/h1-3H,(H3,10,11,13,14,16). The molecule has 2 aromatic rings. The van der Waals surface area contributed by atoms with Gasteiger partial charge in [-0.05, 0) is 0 Å². The Bertz CT molecular complexity index is 637. The Morgan fingerprint density at radius 1 is 1.38 bits per heavy atom. The average Bonchev–Trinajstić information content (AvgIpc) is 2.67. The first-order chi connectivity index (χ1) is 7.59. The topological polar surface area (TPSA) is 121 Å². The molecule has 0 radical (unpaired) electrons. The van der Waals surface area contributed by atoms with E-state index in [1.54, 1.807) is 0 Å². The van der Waals surface area contributed by atoms with Gasteiger partial charge >= 0.3 is 5.69 Å². The summed E-state index contributed by atoms with van der Waals surface area (Å²) >= 11 is 0. The first kappa shape index (κ1) is 9.90. The molecule has 0 aromatic carbocycles. The van der Waals surface area contributed by atoms with E-state index in [0.717, 1.165) is 4.57 Å². The quantitative estimate of drug-likeness (QED) is 0.551. The van der Waals surface area contributed by atoms with E-state index in [1.807, 2.05) is 9.97 Å². The highest BCUT2D eigenvalue weighted by atomic mass is 16.3. The molecule has 3 N–H and O–H groups in total. The van der Waals surface area contributed by atoms with Crippen molar-refractivity contribution in [3.8, 4) is 5.88 Å². The number of H-pyrrole nitrogens is 2. The third-order valence-corrected chi connectivity index (χ3v) is 1.88. The zero-order valence-electron chi connectivity index (χ0n) is 7.80. The van der Waals surface area contributed by atoms with E-state index in [0.29, 0.717) is 0 Å². The summed E-state index contributed by atoms with van der Waals surface area (Å²) < 4.78 is 1.00. The third-order valence-electron chi connectivity index (χ3n) is 1.88. The van der Waals surface area contributed by atoms with Gasteiger partial charge in [-0.1, -0.05) is 0 Å².